The SMILES string of the molecule is CCN(CC(=O)c1ccc(Cl)s1)C1CCNCC1. The van der Waals surface area contributed by atoms with Gasteiger partial charge in [0.1, 0.15) is 0 Å². The maximum absolute atomic E-state index is 12.2. The number of hydrogen-bond donors (Lipinski definition) is 1. The minimum atomic E-state index is 0.187. The second kappa shape index (κ2) is 6.66. The van der Waals surface area contributed by atoms with Crippen molar-refractivity contribution >= 4 is 28.7 Å². The summed E-state index contributed by atoms with van der Waals surface area (Å²) >= 11 is 7.24. The molecule has 0 radical (unpaired) electrons. The van der Waals surface area contributed by atoms with E-state index in [2.05, 4.69) is 17.1 Å². The van der Waals surface area contributed by atoms with E-state index in [1.165, 1.54) is 11.3 Å². The molecular formula is C13H19ClN2OS. The van der Waals surface area contributed by atoms with Gasteiger partial charge in [0.25, 0.3) is 0 Å². The van der Waals surface area contributed by atoms with E-state index in [0.29, 0.717) is 16.9 Å². The number of carbonyl (C=O) groups excluding carboxylic acids is 1. The number of ketones is 1. The van der Waals surface area contributed by atoms with Crippen molar-refractivity contribution in [3.8, 4) is 0 Å². The molecule has 1 aromatic rings. The van der Waals surface area contributed by atoms with Crippen LogP contribution in [0.15, 0.2) is 12.1 Å². The topological polar surface area (TPSA) is 32.3 Å². The summed E-state index contributed by atoms with van der Waals surface area (Å²) < 4.78 is 0.684. The van der Waals surface area contributed by atoms with Crippen LogP contribution >= 0.6 is 22.9 Å². The summed E-state index contributed by atoms with van der Waals surface area (Å²) in [5, 5.41) is 3.36. The number of nitrogens with zero attached hydrogens (tertiary/aromatic N) is 1. The highest BCUT2D eigenvalue weighted by atomic mass is 35.5. The summed E-state index contributed by atoms with van der Waals surface area (Å²) in [7, 11) is 0. The maximum Gasteiger partial charge on any atom is 0.186 e. The molecule has 0 unspecified atom stereocenters. The molecule has 1 fully saturated rings. The molecular weight excluding hydrogens is 268 g/mol. The lowest BCUT2D eigenvalue weighted by Crippen LogP contribution is -2.45. The van der Waals surface area contributed by atoms with Gasteiger partial charge in [-0.15, -0.1) is 11.3 Å². The van der Waals surface area contributed by atoms with Crippen LogP contribution in [0.1, 0.15) is 29.4 Å². The van der Waals surface area contributed by atoms with Crippen LogP contribution in [-0.4, -0.2) is 42.9 Å². The van der Waals surface area contributed by atoms with Crippen molar-refractivity contribution in [1.29, 1.82) is 0 Å². The quantitative estimate of drug-likeness (QED) is 0.845. The number of hydrogen-bond acceptors (Lipinski definition) is 4. The summed E-state index contributed by atoms with van der Waals surface area (Å²) in [6.07, 6.45) is 2.26. The van der Waals surface area contributed by atoms with Crippen molar-refractivity contribution in [2.45, 2.75) is 25.8 Å². The van der Waals surface area contributed by atoms with Gasteiger partial charge in [-0.3, -0.25) is 9.69 Å². The van der Waals surface area contributed by atoms with Crippen LogP contribution in [0.25, 0.3) is 0 Å². The normalized spacial score (nSPS) is 17.3. The first kappa shape index (κ1) is 14.0. The van der Waals surface area contributed by atoms with E-state index < -0.39 is 0 Å². The third kappa shape index (κ3) is 3.54. The molecule has 18 heavy (non-hydrogen) atoms. The van der Waals surface area contributed by atoms with E-state index >= 15 is 0 Å². The molecule has 1 aliphatic rings. The van der Waals surface area contributed by atoms with E-state index in [0.717, 1.165) is 37.4 Å². The van der Waals surface area contributed by atoms with E-state index in [4.69, 9.17) is 11.6 Å². The average Bonchev–Trinajstić information content (AvgIpc) is 2.83. The van der Waals surface area contributed by atoms with Crippen LogP contribution in [0.4, 0.5) is 0 Å². The average molecular weight is 287 g/mol. The van der Waals surface area contributed by atoms with Crippen molar-refractivity contribution in [3.63, 3.8) is 0 Å². The first-order chi connectivity index (χ1) is 8.70. The summed E-state index contributed by atoms with van der Waals surface area (Å²) in [6, 6.07) is 4.15. The van der Waals surface area contributed by atoms with Gasteiger partial charge >= 0.3 is 0 Å². The molecule has 0 aliphatic carbocycles. The van der Waals surface area contributed by atoms with Crippen molar-refractivity contribution in [1.82, 2.24) is 10.2 Å². The Bertz CT molecular complexity index is 401. The van der Waals surface area contributed by atoms with Crippen molar-refractivity contribution < 1.29 is 4.79 Å². The van der Waals surface area contributed by atoms with Crippen molar-refractivity contribution in [3.05, 3.63) is 21.3 Å². The zero-order valence-corrected chi connectivity index (χ0v) is 12.2. The van der Waals surface area contributed by atoms with Crippen LogP contribution in [-0.2, 0) is 0 Å². The lowest BCUT2D eigenvalue weighted by atomic mass is 10.0. The Hall–Kier alpha value is -0.420. The molecule has 0 amide bonds. The fourth-order valence-corrected chi connectivity index (χ4v) is 3.37. The minimum absolute atomic E-state index is 0.187. The standard InChI is InChI=1S/C13H19ClN2OS/c1-2-16(10-5-7-15-8-6-10)9-11(17)12-3-4-13(14)18-12/h3-4,10,15H,2,5-9H2,1H3. The number of carbonyl (C=O) groups is 1. The van der Waals surface area contributed by atoms with Gasteiger partial charge in [0, 0.05) is 6.04 Å². The third-order valence-corrected chi connectivity index (χ3v) is 4.70. The molecule has 0 bridgehead atoms. The van der Waals surface area contributed by atoms with Crippen LogP contribution in [0.3, 0.4) is 0 Å². The number of Topliss-reactive ketones (excluding diaryl/α,β-unsaturated/α-hetero) is 1. The monoisotopic (exact) mass is 286 g/mol. The summed E-state index contributed by atoms with van der Waals surface area (Å²) in [5.41, 5.74) is 0. The predicted molar refractivity (Wildman–Crippen MR) is 76.8 cm³/mol. The van der Waals surface area contributed by atoms with Gasteiger partial charge in [0.2, 0.25) is 0 Å². The molecule has 0 aromatic carbocycles. The van der Waals surface area contributed by atoms with Crippen LogP contribution in [0, 0.1) is 0 Å². The van der Waals surface area contributed by atoms with Crippen LogP contribution in [0.5, 0.6) is 0 Å². The zero-order chi connectivity index (χ0) is 13.0. The minimum Gasteiger partial charge on any atom is -0.317 e. The van der Waals surface area contributed by atoms with Gasteiger partial charge < -0.3 is 5.32 Å². The van der Waals surface area contributed by atoms with Crippen molar-refractivity contribution in [2.75, 3.05) is 26.2 Å². The number of thiophene rings is 1. The Morgan fingerprint density at radius 1 is 1.50 bits per heavy atom. The number of nitrogens with one attached hydrogen (secondary N) is 1. The third-order valence-electron chi connectivity index (χ3n) is 3.43. The molecule has 100 valence electrons. The van der Waals surface area contributed by atoms with Crippen molar-refractivity contribution in [2.24, 2.45) is 0 Å². The highest BCUT2D eigenvalue weighted by Gasteiger charge is 2.22. The molecule has 0 spiro atoms. The Kier molecular flexibility index (Phi) is 5.18. The Labute approximate surface area is 117 Å². The first-order valence-electron chi connectivity index (χ1n) is 6.44. The molecule has 5 heteroatoms. The molecule has 0 saturated carbocycles. The van der Waals surface area contributed by atoms with Gasteiger partial charge in [-0.2, -0.15) is 0 Å². The lowest BCUT2D eigenvalue weighted by Gasteiger charge is -2.33. The number of likely N-dealkylation sites (N-methyl/N-ethyl adjacent to an activating group) is 1. The molecule has 1 N–H and O–H groups in total. The summed E-state index contributed by atoms with van der Waals surface area (Å²) in [6.45, 7) is 5.67. The lowest BCUT2D eigenvalue weighted by molar-refractivity contribution is 0.0878. The van der Waals surface area contributed by atoms with Gasteiger partial charge in [-0.05, 0) is 44.6 Å². The second-order valence-corrected chi connectivity index (χ2v) is 6.29. The van der Waals surface area contributed by atoms with E-state index in [1.54, 1.807) is 6.07 Å². The molecule has 3 nitrogen and oxygen atoms in total. The van der Waals surface area contributed by atoms with Gasteiger partial charge in [0.15, 0.2) is 5.78 Å². The summed E-state index contributed by atoms with van der Waals surface area (Å²) in [4.78, 5) is 15.2. The fraction of sp³-hybridized carbons (Fsp3) is 0.615. The molecule has 0 atom stereocenters. The van der Waals surface area contributed by atoms with Crippen LogP contribution < -0.4 is 5.32 Å². The maximum atomic E-state index is 12.2. The molecule has 1 aliphatic heterocycles. The van der Waals surface area contributed by atoms with E-state index in [1.807, 2.05) is 6.07 Å². The first-order valence-corrected chi connectivity index (χ1v) is 7.63. The van der Waals surface area contributed by atoms with E-state index in [9.17, 15) is 4.79 Å². The molecule has 2 heterocycles. The molecule has 1 saturated heterocycles. The largest absolute Gasteiger partial charge is 0.317 e. The van der Waals surface area contributed by atoms with Crippen LogP contribution in [0.2, 0.25) is 4.34 Å². The predicted octanol–water partition coefficient (Wildman–Crippen LogP) is 2.66. The molecule has 2 rings (SSSR count). The second-order valence-electron chi connectivity index (χ2n) is 4.57. The highest BCUT2D eigenvalue weighted by Crippen LogP contribution is 2.22. The Morgan fingerprint density at radius 2 is 2.22 bits per heavy atom. The number of piperidine rings is 1. The Morgan fingerprint density at radius 3 is 2.78 bits per heavy atom. The van der Waals surface area contributed by atoms with E-state index in [-0.39, 0.29) is 5.78 Å². The number of rotatable bonds is 5. The zero-order valence-electron chi connectivity index (χ0n) is 10.6. The summed E-state index contributed by atoms with van der Waals surface area (Å²) in [5.74, 6) is 0.187. The van der Waals surface area contributed by atoms with Gasteiger partial charge in [-0.25, -0.2) is 0 Å². The highest BCUT2D eigenvalue weighted by molar-refractivity contribution is 7.18. The fourth-order valence-electron chi connectivity index (χ4n) is 2.40. The van der Waals surface area contributed by atoms with Gasteiger partial charge in [0.05, 0.1) is 15.8 Å². The smallest absolute Gasteiger partial charge is 0.186 e. The number of halogens is 1. The molecule has 1 aromatic heterocycles. The van der Waals surface area contributed by atoms with Gasteiger partial charge in [-0.1, -0.05) is 18.5 Å². The Balaban J connectivity index is 1.95.